The average molecular weight is 388 g/mol. The van der Waals surface area contributed by atoms with Gasteiger partial charge < -0.3 is 4.74 Å². The maximum absolute atomic E-state index is 12.9. The molecule has 0 aliphatic carbocycles. The van der Waals surface area contributed by atoms with Gasteiger partial charge in [-0.15, -0.1) is 0 Å². The van der Waals surface area contributed by atoms with Crippen LogP contribution >= 0.6 is 0 Å². The van der Waals surface area contributed by atoms with Gasteiger partial charge in [0.15, 0.2) is 0 Å². The van der Waals surface area contributed by atoms with Crippen LogP contribution < -0.4 is 4.74 Å². The summed E-state index contributed by atoms with van der Waals surface area (Å²) in [5.74, 6) is 0.888. The Hall–Kier alpha value is -2.45. The second-order valence-corrected chi connectivity index (χ2v) is 8.99. The highest BCUT2D eigenvalue weighted by Crippen LogP contribution is 2.40. The van der Waals surface area contributed by atoms with Crippen molar-refractivity contribution in [3.05, 3.63) is 64.2 Å². The van der Waals surface area contributed by atoms with Crippen LogP contribution in [0.15, 0.2) is 53.4 Å². The fourth-order valence-corrected chi connectivity index (χ4v) is 5.33. The van der Waals surface area contributed by atoms with Crippen LogP contribution in [0, 0.1) is 10.1 Å². The lowest BCUT2D eigenvalue weighted by atomic mass is 9.84. The van der Waals surface area contributed by atoms with E-state index in [0.29, 0.717) is 25.9 Å². The Morgan fingerprint density at radius 1 is 1.04 bits per heavy atom. The van der Waals surface area contributed by atoms with Crippen molar-refractivity contribution in [1.82, 2.24) is 4.31 Å². The van der Waals surface area contributed by atoms with Crippen LogP contribution in [-0.4, -0.2) is 36.3 Å². The Morgan fingerprint density at radius 3 is 2.52 bits per heavy atom. The number of aryl methyl sites for hydroxylation is 1. The van der Waals surface area contributed by atoms with E-state index in [0.717, 1.165) is 24.7 Å². The summed E-state index contributed by atoms with van der Waals surface area (Å²) < 4.78 is 33.5. The molecule has 0 bridgehead atoms. The molecular weight excluding hydrogens is 368 g/mol. The maximum atomic E-state index is 12.9. The lowest BCUT2D eigenvalue weighted by Crippen LogP contribution is -2.51. The SMILES string of the molecule is O=[N+]([O-])c1cccc(S(=O)(=O)N2CCC3(CCc4ccccc4O3)CC2)c1. The lowest BCUT2D eigenvalue weighted by molar-refractivity contribution is -0.385. The van der Waals surface area contributed by atoms with Gasteiger partial charge in [0.05, 0.1) is 9.82 Å². The topological polar surface area (TPSA) is 89.8 Å². The molecule has 8 heteroatoms. The van der Waals surface area contributed by atoms with Crippen LogP contribution in [0.3, 0.4) is 0 Å². The predicted molar refractivity (Wildman–Crippen MR) is 99.2 cm³/mol. The molecule has 2 aromatic carbocycles. The van der Waals surface area contributed by atoms with E-state index >= 15 is 0 Å². The molecule has 0 saturated carbocycles. The zero-order chi connectivity index (χ0) is 19.1. The Bertz CT molecular complexity index is 981. The van der Waals surface area contributed by atoms with E-state index in [1.807, 2.05) is 18.2 Å². The van der Waals surface area contributed by atoms with Gasteiger partial charge in [-0.2, -0.15) is 4.31 Å². The number of hydrogen-bond donors (Lipinski definition) is 0. The van der Waals surface area contributed by atoms with E-state index in [2.05, 4.69) is 6.07 Å². The van der Waals surface area contributed by atoms with Crippen LogP contribution in [0.5, 0.6) is 5.75 Å². The molecule has 0 aromatic heterocycles. The second kappa shape index (κ2) is 6.61. The summed E-state index contributed by atoms with van der Waals surface area (Å²) in [5, 5.41) is 10.9. The van der Waals surface area contributed by atoms with Crippen molar-refractivity contribution >= 4 is 15.7 Å². The molecule has 2 aliphatic heterocycles. The first-order valence-electron chi connectivity index (χ1n) is 8.91. The summed E-state index contributed by atoms with van der Waals surface area (Å²) in [4.78, 5) is 10.3. The van der Waals surface area contributed by atoms with Gasteiger partial charge in [0.1, 0.15) is 11.4 Å². The first-order chi connectivity index (χ1) is 12.9. The molecule has 0 N–H and O–H groups in total. The number of benzene rings is 2. The summed E-state index contributed by atoms with van der Waals surface area (Å²) in [6.45, 7) is 0.681. The number of piperidine rings is 1. The summed E-state index contributed by atoms with van der Waals surface area (Å²) in [6, 6.07) is 13.2. The first kappa shape index (κ1) is 17.9. The third-order valence-corrected chi connectivity index (χ3v) is 7.34. The van der Waals surface area contributed by atoms with Gasteiger partial charge in [0.2, 0.25) is 10.0 Å². The number of para-hydroxylation sites is 1. The second-order valence-electron chi connectivity index (χ2n) is 7.05. The Morgan fingerprint density at radius 2 is 1.78 bits per heavy atom. The number of rotatable bonds is 3. The van der Waals surface area contributed by atoms with Crippen LogP contribution in [0.1, 0.15) is 24.8 Å². The Kier molecular flexibility index (Phi) is 4.39. The molecule has 0 unspecified atom stereocenters. The number of hydrogen-bond acceptors (Lipinski definition) is 5. The molecule has 2 aromatic rings. The van der Waals surface area contributed by atoms with E-state index in [1.165, 1.54) is 28.1 Å². The van der Waals surface area contributed by atoms with Gasteiger partial charge in [-0.1, -0.05) is 24.3 Å². The van der Waals surface area contributed by atoms with Crippen molar-refractivity contribution in [2.75, 3.05) is 13.1 Å². The summed E-state index contributed by atoms with van der Waals surface area (Å²) >= 11 is 0. The smallest absolute Gasteiger partial charge is 0.270 e. The van der Waals surface area contributed by atoms with Gasteiger partial charge >= 0.3 is 0 Å². The largest absolute Gasteiger partial charge is 0.487 e. The molecule has 2 heterocycles. The summed E-state index contributed by atoms with van der Waals surface area (Å²) in [6.07, 6.45) is 3.01. The van der Waals surface area contributed by atoms with Crippen LogP contribution in [-0.2, 0) is 16.4 Å². The molecule has 27 heavy (non-hydrogen) atoms. The van der Waals surface area contributed by atoms with Crippen molar-refractivity contribution in [2.24, 2.45) is 0 Å². The average Bonchev–Trinajstić information content (AvgIpc) is 2.68. The number of non-ortho nitro benzene ring substituents is 1. The summed E-state index contributed by atoms with van der Waals surface area (Å²) in [5.41, 5.74) is 0.634. The van der Waals surface area contributed by atoms with Gasteiger partial charge in [0, 0.05) is 38.1 Å². The minimum Gasteiger partial charge on any atom is -0.487 e. The van der Waals surface area contributed by atoms with Gasteiger partial charge in [-0.05, 0) is 30.5 Å². The number of nitro groups is 1. The third kappa shape index (κ3) is 3.30. The fourth-order valence-electron chi connectivity index (χ4n) is 3.85. The Balaban J connectivity index is 1.51. The van der Waals surface area contributed by atoms with Crippen LogP contribution in [0.2, 0.25) is 0 Å². The van der Waals surface area contributed by atoms with Gasteiger partial charge in [-0.3, -0.25) is 10.1 Å². The van der Waals surface area contributed by atoms with Crippen LogP contribution in [0.25, 0.3) is 0 Å². The summed E-state index contributed by atoms with van der Waals surface area (Å²) in [7, 11) is -3.76. The third-order valence-electron chi connectivity index (χ3n) is 5.45. The standard InChI is InChI=1S/C19H20N2O5S/c22-21(23)16-5-3-6-17(14-16)27(24,25)20-12-10-19(11-13-20)9-8-15-4-1-2-7-18(15)26-19/h1-7,14H,8-13H2. The molecule has 142 valence electrons. The quantitative estimate of drug-likeness (QED) is 0.595. The van der Waals surface area contributed by atoms with Crippen molar-refractivity contribution < 1.29 is 18.1 Å². The van der Waals surface area contributed by atoms with Crippen molar-refractivity contribution in [2.45, 2.75) is 36.2 Å². The molecule has 1 spiro atoms. The van der Waals surface area contributed by atoms with Crippen LogP contribution in [0.4, 0.5) is 5.69 Å². The minimum absolute atomic E-state index is 0.0393. The molecule has 4 rings (SSSR count). The fraction of sp³-hybridized carbons (Fsp3) is 0.368. The molecule has 7 nitrogen and oxygen atoms in total. The molecular formula is C19H20N2O5S. The number of ether oxygens (including phenoxy) is 1. The van der Waals surface area contributed by atoms with E-state index in [1.54, 1.807) is 0 Å². The molecule has 0 amide bonds. The number of fused-ring (bicyclic) bond motifs is 1. The first-order valence-corrected chi connectivity index (χ1v) is 10.4. The Labute approximate surface area is 157 Å². The van der Waals surface area contributed by atoms with Crippen molar-refractivity contribution in [3.8, 4) is 5.75 Å². The van der Waals surface area contributed by atoms with E-state index in [-0.39, 0.29) is 16.2 Å². The number of sulfonamides is 1. The van der Waals surface area contributed by atoms with Gasteiger partial charge in [0.25, 0.3) is 5.69 Å². The van der Waals surface area contributed by atoms with Crippen molar-refractivity contribution in [3.63, 3.8) is 0 Å². The number of nitro benzene ring substituents is 1. The monoisotopic (exact) mass is 388 g/mol. The highest BCUT2D eigenvalue weighted by molar-refractivity contribution is 7.89. The molecule has 0 atom stereocenters. The van der Waals surface area contributed by atoms with Gasteiger partial charge in [-0.25, -0.2) is 8.42 Å². The molecule has 1 fully saturated rings. The maximum Gasteiger partial charge on any atom is 0.270 e. The molecule has 1 saturated heterocycles. The predicted octanol–water partition coefficient (Wildman–Crippen LogP) is 3.14. The zero-order valence-electron chi connectivity index (χ0n) is 14.7. The minimum atomic E-state index is -3.76. The van der Waals surface area contributed by atoms with E-state index < -0.39 is 14.9 Å². The zero-order valence-corrected chi connectivity index (χ0v) is 15.5. The normalized spacial score (nSPS) is 19.3. The highest BCUT2D eigenvalue weighted by atomic mass is 32.2. The molecule has 0 radical (unpaired) electrons. The number of nitrogens with zero attached hydrogens (tertiary/aromatic N) is 2. The molecule has 2 aliphatic rings. The van der Waals surface area contributed by atoms with E-state index in [4.69, 9.17) is 4.74 Å². The van der Waals surface area contributed by atoms with Crippen molar-refractivity contribution in [1.29, 1.82) is 0 Å². The van der Waals surface area contributed by atoms with E-state index in [9.17, 15) is 18.5 Å². The lowest BCUT2D eigenvalue weighted by Gasteiger charge is -2.44. The highest BCUT2D eigenvalue weighted by Gasteiger charge is 2.42.